The molecule has 2 heterocycles. The first-order valence-electron chi connectivity index (χ1n) is 6.10. The van der Waals surface area contributed by atoms with E-state index in [0.717, 1.165) is 29.4 Å². The fourth-order valence-corrected chi connectivity index (χ4v) is 2.16. The first-order valence-corrected chi connectivity index (χ1v) is 6.98. The van der Waals surface area contributed by atoms with Crippen molar-refractivity contribution in [2.75, 3.05) is 6.54 Å². The average Bonchev–Trinajstić information content (AvgIpc) is 3.03. The number of aromatic amines is 1. The first kappa shape index (κ1) is 13.5. The van der Waals surface area contributed by atoms with Gasteiger partial charge in [0.1, 0.15) is 5.82 Å². The highest BCUT2D eigenvalue weighted by Gasteiger charge is 1.98. The van der Waals surface area contributed by atoms with Crippen molar-refractivity contribution in [1.29, 1.82) is 0 Å². The minimum Gasteiger partial charge on any atom is -0.353 e. The van der Waals surface area contributed by atoms with Crippen LogP contribution >= 0.6 is 11.3 Å². The second kappa shape index (κ2) is 6.84. The van der Waals surface area contributed by atoms with Gasteiger partial charge in [-0.05, 0) is 19.4 Å². The molecule has 2 N–H and O–H groups in total. The first-order chi connectivity index (χ1) is 9.24. The maximum absolute atomic E-state index is 11.5. The van der Waals surface area contributed by atoms with Gasteiger partial charge >= 0.3 is 0 Å². The molecule has 5 nitrogen and oxygen atoms in total. The van der Waals surface area contributed by atoms with Crippen LogP contribution in [0, 0.1) is 6.92 Å². The largest absolute Gasteiger partial charge is 0.353 e. The molecule has 0 aliphatic carbocycles. The number of rotatable bonds is 6. The number of hydrogen-bond donors (Lipinski definition) is 2. The van der Waals surface area contributed by atoms with Crippen LogP contribution in [-0.2, 0) is 11.2 Å². The molecule has 0 spiro atoms. The monoisotopic (exact) mass is 276 g/mol. The van der Waals surface area contributed by atoms with Gasteiger partial charge in [-0.3, -0.25) is 4.79 Å². The Morgan fingerprint density at radius 1 is 1.58 bits per heavy atom. The van der Waals surface area contributed by atoms with Crippen LogP contribution in [0.25, 0.3) is 6.08 Å². The molecule has 6 heteroatoms. The van der Waals surface area contributed by atoms with E-state index in [4.69, 9.17) is 0 Å². The van der Waals surface area contributed by atoms with Crippen molar-refractivity contribution in [3.05, 3.63) is 40.4 Å². The van der Waals surface area contributed by atoms with Crippen molar-refractivity contribution in [1.82, 2.24) is 20.3 Å². The van der Waals surface area contributed by atoms with E-state index in [1.807, 2.05) is 12.3 Å². The number of aryl methyl sites for hydroxylation is 2. The summed E-state index contributed by atoms with van der Waals surface area (Å²) in [7, 11) is 0. The van der Waals surface area contributed by atoms with Crippen LogP contribution in [0.15, 0.2) is 23.8 Å². The van der Waals surface area contributed by atoms with E-state index in [1.54, 1.807) is 29.8 Å². The Kier molecular flexibility index (Phi) is 4.85. The SMILES string of the molecule is Cc1nc(/C=C/C(=O)NCCCc2ncc[nH]2)cs1. The molecule has 2 aromatic heterocycles. The molecular formula is C13H16N4OS. The van der Waals surface area contributed by atoms with Gasteiger partial charge in [0, 0.05) is 36.8 Å². The quantitative estimate of drug-likeness (QED) is 0.625. The summed E-state index contributed by atoms with van der Waals surface area (Å²) in [5.41, 5.74) is 0.827. The van der Waals surface area contributed by atoms with Crippen LogP contribution in [0.3, 0.4) is 0 Å². The molecule has 0 atom stereocenters. The molecule has 0 radical (unpaired) electrons. The number of carbonyl (C=O) groups is 1. The molecule has 0 saturated heterocycles. The zero-order valence-electron chi connectivity index (χ0n) is 10.7. The number of carbonyl (C=O) groups excluding carboxylic acids is 1. The summed E-state index contributed by atoms with van der Waals surface area (Å²) in [6, 6.07) is 0. The fraction of sp³-hybridized carbons (Fsp3) is 0.308. The number of amides is 1. The molecule has 2 rings (SSSR count). The highest BCUT2D eigenvalue weighted by Crippen LogP contribution is 2.08. The smallest absolute Gasteiger partial charge is 0.244 e. The lowest BCUT2D eigenvalue weighted by Gasteiger charge is -2.00. The molecule has 0 saturated carbocycles. The van der Waals surface area contributed by atoms with Crippen molar-refractivity contribution >= 4 is 23.3 Å². The molecule has 0 aliphatic heterocycles. The Bertz CT molecular complexity index is 545. The predicted octanol–water partition coefficient (Wildman–Crippen LogP) is 1.94. The number of nitrogens with zero attached hydrogens (tertiary/aromatic N) is 2. The van der Waals surface area contributed by atoms with Crippen molar-refractivity contribution < 1.29 is 4.79 Å². The molecule has 1 amide bonds. The third-order valence-electron chi connectivity index (χ3n) is 2.49. The molecular weight excluding hydrogens is 260 g/mol. The van der Waals surface area contributed by atoms with Crippen molar-refractivity contribution in [2.24, 2.45) is 0 Å². The second-order valence-corrected chi connectivity index (χ2v) is 5.12. The number of imidazole rings is 1. The highest BCUT2D eigenvalue weighted by atomic mass is 32.1. The number of H-pyrrole nitrogens is 1. The van der Waals surface area contributed by atoms with Gasteiger partial charge in [0.15, 0.2) is 0 Å². The summed E-state index contributed by atoms with van der Waals surface area (Å²) in [6.07, 6.45) is 8.47. The number of hydrogen-bond acceptors (Lipinski definition) is 4. The summed E-state index contributed by atoms with van der Waals surface area (Å²) >= 11 is 1.57. The van der Waals surface area contributed by atoms with Gasteiger partial charge < -0.3 is 10.3 Å². The van der Waals surface area contributed by atoms with Crippen molar-refractivity contribution in [3.63, 3.8) is 0 Å². The standard InChI is InChI=1S/C13H16N4OS/c1-10-17-11(9-19-10)4-5-13(18)16-6-2-3-12-14-7-8-15-12/h4-5,7-9H,2-3,6H2,1H3,(H,14,15)(H,16,18)/b5-4+. The topological polar surface area (TPSA) is 70.7 Å². The third kappa shape index (κ3) is 4.67. The van der Waals surface area contributed by atoms with Gasteiger partial charge in [0.05, 0.1) is 10.7 Å². The van der Waals surface area contributed by atoms with Crippen LogP contribution in [0.1, 0.15) is 22.9 Å². The van der Waals surface area contributed by atoms with Gasteiger partial charge in [0.25, 0.3) is 0 Å². The van der Waals surface area contributed by atoms with Gasteiger partial charge in [0.2, 0.25) is 5.91 Å². The summed E-state index contributed by atoms with van der Waals surface area (Å²) in [6.45, 7) is 2.58. The van der Waals surface area contributed by atoms with Gasteiger partial charge in [-0.1, -0.05) is 0 Å². The van der Waals surface area contributed by atoms with Crippen molar-refractivity contribution in [2.45, 2.75) is 19.8 Å². The molecule has 0 bridgehead atoms. The zero-order chi connectivity index (χ0) is 13.5. The summed E-state index contributed by atoms with van der Waals surface area (Å²) in [5, 5.41) is 5.76. The maximum Gasteiger partial charge on any atom is 0.244 e. The summed E-state index contributed by atoms with van der Waals surface area (Å²) < 4.78 is 0. The number of aromatic nitrogens is 3. The van der Waals surface area contributed by atoms with Crippen LogP contribution in [0.5, 0.6) is 0 Å². The summed E-state index contributed by atoms with van der Waals surface area (Å²) in [5.74, 6) is 0.854. The minimum atomic E-state index is -0.0925. The Morgan fingerprint density at radius 2 is 2.47 bits per heavy atom. The Morgan fingerprint density at radius 3 is 3.16 bits per heavy atom. The normalized spacial score (nSPS) is 11.0. The Labute approximate surface area is 115 Å². The average molecular weight is 276 g/mol. The van der Waals surface area contributed by atoms with Crippen molar-refractivity contribution in [3.8, 4) is 0 Å². The molecule has 19 heavy (non-hydrogen) atoms. The molecule has 100 valence electrons. The van der Waals surface area contributed by atoms with Crippen LogP contribution in [0.4, 0.5) is 0 Å². The number of thiazole rings is 1. The van der Waals surface area contributed by atoms with E-state index in [2.05, 4.69) is 20.3 Å². The van der Waals surface area contributed by atoms with Crippen LogP contribution in [0.2, 0.25) is 0 Å². The van der Waals surface area contributed by atoms with E-state index < -0.39 is 0 Å². The predicted molar refractivity (Wildman–Crippen MR) is 75.8 cm³/mol. The lowest BCUT2D eigenvalue weighted by atomic mass is 10.3. The molecule has 0 fully saturated rings. The third-order valence-corrected chi connectivity index (χ3v) is 3.28. The Hall–Kier alpha value is -1.95. The lowest BCUT2D eigenvalue weighted by molar-refractivity contribution is -0.116. The maximum atomic E-state index is 11.5. The van der Waals surface area contributed by atoms with E-state index in [9.17, 15) is 4.79 Å². The fourth-order valence-electron chi connectivity index (χ4n) is 1.58. The van der Waals surface area contributed by atoms with E-state index in [-0.39, 0.29) is 5.91 Å². The van der Waals surface area contributed by atoms with E-state index >= 15 is 0 Å². The van der Waals surface area contributed by atoms with Crippen LogP contribution < -0.4 is 5.32 Å². The van der Waals surface area contributed by atoms with Gasteiger partial charge in [-0.2, -0.15) is 0 Å². The second-order valence-electron chi connectivity index (χ2n) is 4.06. The molecule has 0 aromatic carbocycles. The number of nitrogens with one attached hydrogen (secondary N) is 2. The van der Waals surface area contributed by atoms with E-state index in [0.29, 0.717) is 6.54 Å². The van der Waals surface area contributed by atoms with Crippen LogP contribution in [-0.4, -0.2) is 27.4 Å². The molecule has 2 aromatic rings. The van der Waals surface area contributed by atoms with Gasteiger partial charge in [-0.25, -0.2) is 9.97 Å². The van der Waals surface area contributed by atoms with Gasteiger partial charge in [-0.15, -0.1) is 11.3 Å². The highest BCUT2D eigenvalue weighted by molar-refractivity contribution is 7.09. The zero-order valence-corrected chi connectivity index (χ0v) is 11.5. The molecule has 0 unspecified atom stereocenters. The molecule has 0 aliphatic rings. The summed E-state index contributed by atoms with van der Waals surface area (Å²) in [4.78, 5) is 22.9. The lowest BCUT2D eigenvalue weighted by Crippen LogP contribution is -2.22. The van der Waals surface area contributed by atoms with E-state index in [1.165, 1.54) is 6.08 Å². The Balaban J connectivity index is 1.66. The minimum absolute atomic E-state index is 0.0925.